The second-order valence-electron chi connectivity index (χ2n) is 10.5. The fraction of sp³-hybridized carbons (Fsp3) is 0.414. The SMILES string of the molecule is Cc1ccccc1[C@@H](C)OC(=O)Nc1c(C)noc1-c1ccc(C23CCC(CC(=O)O)(CC2)OC3)cc1F. The molecule has 1 atom stereocenters. The van der Waals surface area contributed by atoms with Gasteiger partial charge in [0.2, 0.25) is 0 Å². The summed E-state index contributed by atoms with van der Waals surface area (Å²) in [6.07, 6.45) is 1.52. The van der Waals surface area contributed by atoms with Crippen LogP contribution in [0.1, 0.15) is 67.5 Å². The minimum absolute atomic E-state index is 0.0107. The molecule has 2 bridgehead atoms. The maximum absolute atomic E-state index is 15.5. The van der Waals surface area contributed by atoms with E-state index >= 15 is 4.39 Å². The smallest absolute Gasteiger partial charge is 0.412 e. The minimum Gasteiger partial charge on any atom is -0.481 e. The molecule has 0 spiro atoms. The highest BCUT2D eigenvalue weighted by Crippen LogP contribution is 2.52. The summed E-state index contributed by atoms with van der Waals surface area (Å²) in [6.45, 7) is 5.75. The Hall–Kier alpha value is -3.72. The molecule has 3 aromatic rings. The van der Waals surface area contributed by atoms with E-state index < -0.39 is 29.6 Å². The molecule has 2 saturated heterocycles. The average molecular weight is 523 g/mol. The molecule has 6 rings (SSSR count). The molecule has 0 unspecified atom stereocenters. The van der Waals surface area contributed by atoms with Gasteiger partial charge in [0.05, 0.1) is 24.2 Å². The van der Waals surface area contributed by atoms with E-state index in [1.807, 2.05) is 37.3 Å². The lowest BCUT2D eigenvalue weighted by Gasteiger charge is -2.53. The van der Waals surface area contributed by atoms with E-state index in [-0.39, 0.29) is 28.8 Å². The number of anilines is 1. The van der Waals surface area contributed by atoms with Gasteiger partial charge in [-0.1, -0.05) is 35.5 Å². The Morgan fingerprint density at radius 3 is 2.53 bits per heavy atom. The van der Waals surface area contributed by atoms with Crippen molar-refractivity contribution in [1.29, 1.82) is 0 Å². The highest BCUT2D eigenvalue weighted by Gasteiger charge is 2.51. The van der Waals surface area contributed by atoms with E-state index in [4.69, 9.17) is 14.0 Å². The Bertz CT molecular complexity index is 1360. The third kappa shape index (κ3) is 4.78. The maximum Gasteiger partial charge on any atom is 0.412 e. The van der Waals surface area contributed by atoms with Gasteiger partial charge < -0.3 is 19.1 Å². The van der Waals surface area contributed by atoms with Gasteiger partial charge in [-0.3, -0.25) is 10.1 Å². The van der Waals surface area contributed by atoms with E-state index in [1.165, 1.54) is 6.07 Å². The van der Waals surface area contributed by atoms with E-state index in [9.17, 15) is 14.7 Å². The van der Waals surface area contributed by atoms with Crippen LogP contribution in [-0.2, 0) is 19.7 Å². The predicted molar refractivity (Wildman–Crippen MR) is 137 cm³/mol. The van der Waals surface area contributed by atoms with Crippen LogP contribution in [0.25, 0.3) is 11.3 Å². The fourth-order valence-electron chi connectivity index (χ4n) is 5.77. The number of fused-ring (bicyclic) bond motifs is 3. The molecule has 1 amide bonds. The Kier molecular flexibility index (Phi) is 6.73. The summed E-state index contributed by atoms with van der Waals surface area (Å²) in [5.41, 5.74) is 2.54. The molecule has 1 aromatic heterocycles. The van der Waals surface area contributed by atoms with Crippen molar-refractivity contribution in [3.05, 3.63) is 70.7 Å². The van der Waals surface area contributed by atoms with Gasteiger partial charge >= 0.3 is 12.1 Å². The van der Waals surface area contributed by atoms with Crippen LogP contribution in [0.3, 0.4) is 0 Å². The van der Waals surface area contributed by atoms with Crippen molar-refractivity contribution in [3.63, 3.8) is 0 Å². The van der Waals surface area contributed by atoms with Crippen LogP contribution in [0.2, 0.25) is 0 Å². The summed E-state index contributed by atoms with van der Waals surface area (Å²) in [6, 6.07) is 12.6. The van der Waals surface area contributed by atoms with Crippen LogP contribution >= 0.6 is 0 Å². The number of aromatic nitrogens is 1. The molecule has 2 aromatic carbocycles. The number of carboxylic acid groups (broad SMARTS) is 1. The summed E-state index contributed by atoms with van der Waals surface area (Å²) >= 11 is 0. The molecule has 200 valence electrons. The Morgan fingerprint density at radius 1 is 1.16 bits per heavy atom. The maximum atomic E-state index is 15.5. The van der Waals surface area contributed by atoms with E-state index in [0.29, 0.717) is 25.1 Å². The van der Waals surface area contributed by atoms with Crippen LogP contribution in [0, 0.1) is 19.7 Å². The first-order valence-electron chi connectivity index (χ1n) is 12.8. The molecular formula is C29H31FN2O6. The van der Waals surface area contributed by atoms with Crippen molar-refractivity contribution in [2.45, 2.75) is 70.0 Å². The Labute approximate surface area is 220 Å². The number of aliphatic carboxylic acids is 1. The fourth-order valence-corrected chi connectivity index (χ4v) is 5.77. The van der Waals surface area contributed by atoms with Crippen molar-refractivity contribution >= 4 is 17.7 Å². The lowest BCUT2D eigenvalue weighted by molar-refractivity contribution is -0.174. The summed E-state index contributed by atoms with van der Waals surface area (Å²) in [4.78, 5) is 24.0. The van der Waals surface area contributed by atoms with Gasteiger partial charge in [-0.2, -0.15) is 0 Å². The first-order valence-corrected chi connectivity index (χ1v) is 12.8. The van der Waals surface area contributed by atoms with Crippen LogP contribution in [0.15, 0.2) is 47.0 Å². The lowest BCUT2D eigenvalue weighted by atomic mass is 9.62. The van der Waals surface area contributed by atoms with E-state index in [2.05, 4.69) is 10.5 Å². The number of nitrogens with zero attached hydrogens (tertiary/aromatic N) is 1. The van der Waals surface area contributed by atoms with Crippen molar-refractivity contribution in [2.75, 3.05) is 11.9 Å². The van der Waals surface area contributed by atoms with E-state index in [1.54, 1.807) is 19.9 Å². The molecule has 9 heteroatoms. The van der Waals surface area contributed by atoms with Gasteiger partial charge in [0.15, 0.2) is 5.76 Å². The number of benzene rings is 2. The van der Waals surface area contributed by atoms with Gasteiger partial charge in [-0.05, 0) is 75.3 Å². The second kappa shape index (κ2) is 9.87. The third-order valence-electron chi connectivity index (χ3n) is 8.07. The zero-order valence-corrected chi connectivity index (χ0v) is 21.7. The molecule has 3 heterocycles. The number of ether oxygens (including phenoxy) is 2. The van der Waals surface area contributed by atoms with Crippen LogP contribution < -0.4 is 5.32 Å². The number of rotatable bonds is 7. The van der Waals surface area contributed by atoms with Crippen molar-refractivity contribution in [2.24, 2.45) is 0 Å². The normalized spacial score (nSPS) is 23.2. The first kappa shape index (κ1) is 25.9. The highest BCUT2D eigenvalue weighted by molar-refractivity contribution is 5.91. The number of carboxylic acids is 1. The lowest BCUT2D eigenvalue weighted by Crippen LogP contribution is -2.54. The van der Waals surface area contributed by atoms with Crippen LogP contribution in [-0.4, -0.2) is 34.5 Å². The van der Waals surface area contributed by atoms with Crippen LogP contribution in [0.4, 0.5) is 14.9 Å². The molecule has 1 aliphatic carbocycles. The summed E-state index contributed by atoms with van der Waals surface area (Å²) in [5, 5.41) is 15.9. The number of hydrogen-bond donors (Lipinski definition) is 2. The Balaban J connectivity index is 1.33. The molecule has 3 aliphatic rings. The molecule has 2 aliphatic heterocycles. The number of halogens is 1. The van der Waals surface area contributed by atoms with Crippen molar-refractivity contribution in [3.8, 4) is 11.3 Å². The van der Waals surface area contributed by atoms with Gasteiger partial charge in [-0.15, -0.1) is 0 Å². The highest BCUT2D eigenvalue weighted by atomic mass is 19.1. The summed E-state index contributed by atoms with van der Waals surface area (Å²) < 4.78 is 32.5. The molecular weight excluding hydrogens is 491 g/mol. The Morgan fingerprint density at radius 2 is 1.89 bits per heavy atom. The quantitative estimate of drug-likeness (QED) is 0.366. The second-order valence-corrected chi connectivity index (χ2v) is 10.5. The summed E-state index contributed by atoms with van der Waals surface area (Å²) in [7, 11) is 0. The third-order valence-corrected chi connectivity index (χ3v) is 8.07. The number of carbonyl (C=O) groups is 2. The van der Waals surface area contributed by atoms with E-state index in [0.717, 1.165) is 29.5 Å². The number of nitrogens with one attached hydrogen (secondary N) is 1. The topological polar surface area (TPSA) is 111 Å². The predicted octanol–water partition coefficient (Wildman–Crippen LogP) is 6.46. The van der Waals surface area contributed by atoms with Gasteiger partial charge in [-0.25, -0.2) is 9.18 Å². The largest absolute Gasteiger partial charge is 0.481 e. The van der Waals surface area contributed by atoms with Gasteiger partial charge in [0.1, 0.15) is 23.3 Å². The van der Waals surface area contributed by atoms with Crippen molar-refractivity contribution in [1.82, 2.24) is 5.16 Å². The zero-order valence-electron chi connectivity index (χ0n) is 21.7. The first-order chi connectivity index (χ1) is 18.1. The number of carbonyl (C=O) groups excluding carboxylic acids is 1. The number of amides is 1. The standard InChI is InChI=1S/C29H31FN2O6/c1-17-6-4-5-7-21(17)19(3)37-27(35)31-25-18(2)32-38-26(25)22-9-8-20(14-23(22)30)28-10-12-29(13-11-28,36-16-28)15-24(33)34/h4-9,14,19H,10-13,15-16H2,1-3H3,(H,31,35)(H,33,34)/t19-,28?,29?/m1/s1. The summed E-state index contributed by atoms with van der Waals surface area (Å²) in [5.74, 6) is -1.27. The molecule has 0 radical (unpaired) electrons. The van der Waals surface area contributed by atoms with Crippen LogP contribution in [0.5, 0.6) is 0 Å². The van der Waals surface area contributed by atoms with Gasteiger partial charge in [0.25, 0.3) is 0 Å². The number of hydrogen-bond acceptors (Lipinski definition) is 6. The molecule has 1 saturated carbocycles. The monoisotopic (exact) mass is 522 g/mol. The zero-order chi connectivity index (χ0) is 27.1. The number of aryl methyl sites for hydroxylation is 2. The average Bonchev–Trinajstić information content (AvgIpc) is 3.24. The molecule has 2 N–H and O–H groups in total. The minimum atomic E-state index is -0.866. The molecule has 8 nitrogen and oxygen atoms in total. The van der Waals surface area contributed by atoms with Gasteiger partial charge in [0, 0.05) is 5.41 Å². The molecule has 3 fully saturated rings. The molecule has 38 heavy (non-hydrogen) atoms. The van der Waals surface area contributed by atoms with Crippen molar-refractivity contribution < 1.29 is 33.1 Å².